The highest BCUT2D eigenvalue weighted by Gasteiger charge is 2.13. The van der Waals surface area contributed by atoms with Crippen molar-refractivity contribution >= 4 is 5.97 Å². The number of carboxylic acids is 1. The monoisotopic (exact) mass is 274 g/mol. The van der Waals surface area contributed by atoms with Crippen molar-refractivity contribution in [1.82, 2.24) is 0 Å². The molecule has 0 aromatic heterocycles. The lowest BCUT2D eigenvalue weighted by atomic mass is 10.1. The smallest absolute Gasteiger partial charge is 0.303 e. The summed E-state index contributed by atoms with van der Waals surface area (Å²) in [6.45, 7) is 0.468. The van der Waals surface area contributed by atoms with Gasteiger partial charge in [-0.25, -0.2) is 0 Å². The van der Waals surface area contributed by atoms with Crippen LogP contribution in [0.25, 0.3) is 0 Å². The zero-order valence-corrected chi connectivity index (χ0v) is 11.2. The minimum atomic E-state index is -0.789. The highest BCUT2D eigenvalue weighted by atomic mass is 16.5. The van der Waals surface area contributed by atoms with Crippen molar-refractivity contribution in [3.63, 3.8) is 0 Å². The summed E-state index contributed by atoms with van der Waals surface area (Å²) < 4.78 is 11.2. The molecule has 106 valence electrons. The molecule has 1 aliphatic rings. The first-order valence-electron chi connectivity index (χ1n) is 6.68. The maximum atomic E-state index is 10.6. The molecule has 0 atom stereocenters. The first kappa shape index (κ1) is 14.2. The van der Waals surface area contributed by atoms with Gasteiger partial charge in [0.05, 0.1) is 6.26 Å². The topological polar surface area (TPSA) is 55.8 Å². The Morgan fingerprint density at radius 1 is 1.25 bits per heavy atom. The molecule has 0 bridgehead atoms. The van der Waals surface area contributed by atoms with Crippen molar-refractivity contribution in [2.75, 3.05) is 0 Å². The van der Waals surface area contributed by atoms with Gasteiger partial charge < -0.3 is 14.6 Å². The van der Waals surface area contributed by atoms with Crippen LogP contribution in [-0.2, 0) is 20.9 Å². The summed E-state index contributed by atoms with van der Waals surface area (Å²) in [6.07, 6.45) is 5.52. The highest BCUT2D eigenvalue weighted by molar-refractivity contribution is 5.66. The number of carbonyl (C=O) groups is 1. The summed E-state index contributed by atoms with van der Waals surface area (Å²) in [4.78, 5) is 10.6. The molecule has 1 aromatic carbocycles. The molecule has 0 saturated carbocycles. The summed E-state index contributed by atoms with van der Waals surface area (Å²) in [6, 6.07) is 9.87. The Labute approximate surface area is 118 Å². The van der Waals surface area contributed by atoms with Crippen LogP contribution in [0, 0.1) is 0 Å². The molecule has 1 heterocycles. The lowest BCUT2D eigenvalue weighted by molar-refractivity contribution is -0.137. The summed E-state index contributed by atoms with van der Waals surface area (Å²) >= 11 is 0. The maximum Gasteiger partial charge on any atom is 0.303 e. The average molecular weight is 274 g/mol. The molecule has 0 aliphatic carbocycles. The Morgan fingerprint density at radius 2 is 2.05 bits per heavy atom. The van der Waals surface area contributed by atoms with Gasteiger partial charge in [-0.05, 0) is 18.1 Å². The fourth-order valence-electron chi connectivity index (χ4n) is 1.95. The number of aliphatic carboxylic acids is 1. The standard InChI is InChI=1S/C16H18O4/c17-16(18)10-4-8-15(14-9-5-11-19-14)20-12-13-6-2-1-3-7-13/h1-3,5-7,11H,4,8-10,12H2,(H,17,18). The van der Waals surface area contributed by atoms with Gasteiger partial charge in [0.15, 0.2) is 0 Å². The molecule has 0 fully saturated rings. The van der Waals surface area contributed by atoms with E-state index in [9.17, 15) is 4.79 Å². The van der Waals surface area contributed by atoms with Crippen molar-refractivity contribution in [1.29, 1.82) is 0 Å². The van der Waals surface area contributed by atoms with Crippen molar-refractivity contribution in [2.45, 2.75) is 32.3 Å². The Kier molecular flexibility index (Phi) is 5.24. The largest absolute Gasteiger partial charge is 0.490 e. The molecule has 2 rings (SSSR count). The predicted molar refractivity (Wildman–Crippen MR) is 74.6 cm³/mol. The van der Waals surface area contributed by atoms with Gasteiger partial charge in [-0.15, -0.1) is 0 Å². The Balaban J connectivity index is 1.93. The van der Waals surface area contributed by atoms with Gasteiger partial charge >= 0.3 is 5.97 Å². The first-order valence-corrected chi connectivity index (χ1v) is 6.68. The van der Waals surface area contributed by atoms with E-state index in [0.29, 0.717) is 25.9 Å². The van der Waals surface area contributed by atoms with E-state index in [1.807, 2.05) is 36.4 Å². The van der Waals surface area contributed by atoms with Crippen LogP contribution in [0.3, 0.4) is 0 Å². The molecule has 20 heavy (non-hydrogen) atoms. The second-order valence-electron chi connectivity index (χ2n) is 4.56. The lowest BCUT2D eigenvalue weighted by Crippen LogP contribution is -2.01. The number of carboxylic acid groups (broad SMARTS) is 1. The van der Waals surface area contributed by atoms with Gasteiger partial charge in [-0.2, -0.15) is 0 Å². The van der Waals surface area contributed by atoms with Crippen LogP contribution in [0.4, 0.5) is 0 Å². The van der Waals surface area contributed by atoms with Crippen molar-refractivity contribution < 1.29 is 19.4 Å². The molecular weight excluding hydrogens is 256 g/mol. The summed E-state index contributed by atoms with van der Waals surface area (Å²) in [5.74, 6) is 0.745. The van der Waals surface area contributed by atoms with E-state index in [1.54, 1.807) is 6.26 Å². The van der Waals surface area contributed by atoms with Gasteiger partial charge in [0.2, 0.25) is 0 Å². The molecule has 4 nitrogen and oxygen atoms in total. The molecular formula is C16H18O4. The molecule has 0 spiro atoms. The first-order chi connectivity index (χ1) is 9.75. The van der Waals surface area contributed by atoms with Crippen LogP contribution in [0.15, 0.2) is 54.2 Å². The summed E-state index contributed by atoms with van der Waals surface area (Å²) in [5.41, 5.74) is 1.08. The Bertz CT molecular complexity index is 492. The number of hydrogen-bond acceptors (Lipinski definition) is 3. The van der Waals surface area contributed by atoms with Gasteiger partial charge in [-0.3, -0.25) is 4.79 Å². The van der Waals surface area contributed by atoms with E-state index in [2.05, 4.69) is 0 Å². The normalized spacial score (nSPS) is 15.8. The number of allylic oxidation sites excluding steroid dienone is 2. The Hall–Kier alpha value is -2.23. The third-order valence-electron chi connectivity index (χ3n) is 2.97. The molecule has 1 aliphatic heterocycles. The molecule has 0 amide bonds. The highest BCUT2D eigenvalue weighted by Crippen LogP contribution is 2.23. The van der Waals surface area contributed by atoms with E-state index in [0.717, 1.165) is 17.1 Å². The number of hydrogen-bond donors (Lipinski definition) is 1. The summed E-state index contributed by atoms with van der Waals surface area (Å²) in [7, 11) is 0. The van der Waals surface area contributed by atoms with Crippen LogP contribution in [0.2, 0.25) is 0 Å². The maximum absolute atomic E-state index is 10.6. The average Bonchev–Trinajstić information content (AvgIpc) is 2.97. The second kappa shape index (κ2) is 7.38. The van der Waals surface area contributed by atoms with E-state index >= 15 is 0 Å². The van der Waals surface area contributed by atoms with E-state index in [1.165, 1.54) is 0 Å². The SMILES string of the molecule is O=C(O)CCCC(OCc1ccccc1)=C1CC=CO1. The van der Waals surface area contributed by atoms with E-state index < -0.39 is 5.97 Å². The number of ether oxygens (including phenoxy) is 2. The zero-order chi connectivity index (χ0) is 14.2. The van der Waals surface area contributed by atoms with Crippen LogP contribution in [0.5, 0.6) is 0 Å². The molecule has 0 saturated heterocycles. The molecule has 0 radical (unpaired) electrons. The molecule has 0 unspecified atom stereocenters. The van der Waals surface area contributed by atoms with Crippen LogP contribution in [-0.4, -0.2) is 11.1 Å². The van der Waals surface area contributed by atoms with Crippen molar-refractivity contribution in [2.24, 2.45) is 0 Å². The van der Waals surface area contributed by atoms with E-state index in [4.69, 9.17) is 14.6 Å². The number of benzene rings is 1. The van der Waals surface area contributed by atoms with Crippen molar-refractivity contribution in [3.8, 4) is 0 Å². The predicted octanol–water partition coefficient (Wildman–Crippen LogP) is 3.60. The Morgan fingerprint density at radius 3 is 2.70 bits per heavy atom. The quantitative estimate of drug-likeness (QED) is 0.772. The van der Waals surface area contributed by atoms with E-state index in [-0.39, 0.29) is 6.42 Å². The third-order valence-corrected chi connectivity index (χ3v) is 2.97. The van der Waals surface area contributed by atoms with Crippen LogP contribution >= 0.6 is 0 Å². The molecule has 1 N–H and O–H groups in total. The third kappa shape index (κ3) is 4.46. The minimum Gasteiger partial charge on any atom is -0.490 e. The second-order valence-corrected chi connectivity index (χ2v) is 4.56. The van der Waals surface area contributed by atoms with Gasteiger partial charge in [0.1, 0.15) is 18.1 Å². The van der Waals surface area contributed by atoms with Crippen LogP contribution in [0.1, 0.15) is 31.2 Å². The minimum absolute atomic E-state index is 0.138. The van der Waals surface area contributed by atoms with Gasteiger partial charge in [0, 0.05) is 19.3 Å². The fourth-order valence-corrected chi connectivity index (χ4v) is 1.95. The summed E-state index contributed by atoms with van der Waals surface area (Å²) in [5, 5.41) is 8.70. The molecule has 4 heteroatoms. The lowest BCUT2D eigenvalue weighted by Gasteiger charge is -2.13. The zero-order valence-electron chi connectivity index (χ0n) is 11.2. The van der Waals surface area contributed by atoms with Crippen molar-refractivity contribution in [3.05, 3.63) is 59.8 Å². The van der Waals surface area contributed by atoms with Crippen LogP contribution < -0.4 is 0 Å². The molecule has 1 aromatic rings. The van der Waals surface area contributed by atoms with Gasteiger partial charge in [0.25, 0.3) is 0 Å². The fraction of sp³-hybridized carbons (Fsp3) is 0.312. The number of rotatable bonds is 7. The van der Waals surface area contributed by atoms with Gasteiger partial charge in [-0.1, -0.05) is 30.3 Å².